The fourth-order valence-electron chi connectivity index (χ4n) is 1.10. The van der Waals surface area contributed by atoms with Crippen LogP contribution in [0.3, 0.4) is 0 Å². The van der Waals surface area contributed by atoms with Gasteiger partial charge in [0.05, 0.1) is 0 Å². The fourth-order valence-corrected chi connectivity index (χ4v) is 1.10. The molecule has 0 bridgehead atoms. The summed E-state index contributed by atoms with van der Waals surface area (Å²) < 4.78 is 5.10. The van der Waals surface area contributed by atoms with Crippen molar-refractivity contribution < 1.29 is 9.53 Å². The zero-order valence-electron chi connectivity index (χ0n) is 10.1. The standard InChI is InChI=1S/C15H16O2/c1-4-12(2)6-5-7-15(16)17-14-10-8-13(3)9-11-14/h4-11H,1H2,2-3H3/b7-5+,12-6-. The summed E-state index contributed by atoms with van der Waals surface area (Å²) in [6.45, 7) is 7.50. The van der Waals surface area contributed by atoms with Gasteiger partial charge in [0.15, 0.2) is 0 Å². The van der Waals surface area contributed by atoms with Gasteiger partial charge >= 0.3 is 5.97 Å². The lowest BCUT2D eigenvalue weighted by Crippen LogP contribution is -2.03. The van der Waals surface area contributed by atoms with Gasteiger partial charge in [-0.05, 0) is 26.0 Å². The third-order valence-electron chi connectivity index (χ3n) is 2.15. The van der Waals surface area contributed by atoms with Crippen molar-refractivity contribution in [2.45, 2.75) is 13.8 Å². The Balaban J connectivity index is 2.55. The molecule has 0 atom stereocenters. The Labute approximate surface area is 102 Å². The number of aryl methyl sites for hydroxylation is 1. The summed E-state index contributed by atoms with van der Waals surface area (Å²) >= 11 is 0. The van der Waals surface area contributed by atoms with Crippen LogP contribution in [0.1, 0.15) is 12.5 Å². The molecule has 0 aliphatic rings. The van der Waals surface area contributed by atoms with Crippen LogP contribution in [0.4, 0.5) is 0 Å². The Morgan fingerprint density at radius 2 is 1.94 bits per heavy atom. The summed E-state index contributed by atoms with van der Waals surface area (Å²) in [5.41, 5.74) is 2.12. The molecule has 88 valence electrons. The van der Waals surface area contributed by atoms with Crippen molar-refractivity contribution in [2.24, 2.45) is 0 Å². The van der Waals surface area contributed by atoms with Crippen LogP contribution in [0.5, 0.6) is 5.75 Å². The van der Waals surface area contributed by atoms with Crippen LogP contribution in [0.15, 0.2) is 60.7 Å². The maximum absolute atomic E-state index is 11.4. The maximum Gasteiger partial charge on any atom is 0.336 e. The number of hydrogen-bond acceptors (Lipinski definition) is 2. The van der Waals surface area contributed by atoms with Gasteiger partial charge in [-0.1, -0.05) is 48.1 Å². The van der Waals surface area contributed by atoms with Gasteiger partial charge in [0, 0.05) is 6.08 Å². The van der Waals surface area contributed by atoms with Gasteiger partial charge in [-0.25, -0.2) is 4.79 Å². The summed E-state index contributed by atoms with van der Waals surface area (Å²) in [5.74, 6) is 0.164. The molecule has 0 radical (unpaired) electrons. The molecule has 0 aromatic heterocycles. The summed E-state index contributed by atoms with van der Waals surface area (Å²) in [6.07, 6.45) is 6.54. The van der Waals surface area contributed by atoms with Gasteiger partial charge in [0.25, 0.3) is 0 Å². The van der Waals surface area contributed by atoms with Gasteiger partial charge < -0.3 is 4.74 Å². The lowest BCUT2D eigenvalue weighted by molar-refractivity contribution is -0.128. The summed E-state index contributed by atoms with van der Waals surface area (Å²) in [7, 11) is 0. The zero-order chi connectivity index (χ0) is 12.7. The minimum absolute atomic E-state index is 0.387. The molecule has 1 aromatic carbocycles. The fraction of sp³-hybridized carbons (Fsp3) is 0.133. The van der Waals surface area contributed by atoms with E-state index in [9.17, 15) is 4.79 Å². The smallest absolute Gasteiger partial charge is 0.336 e. The second kappa shape index (κ2) is 6.48. The van der Waals surface area contributed by atoms with Crippen LogP contribution in [-0.2, 0) is 4.79 Å². The molecule has 2 heteroatoms. The molecule has 0 N–H and O–H groups in total. The Kier molecular flexibility index (Phi) is 4.95. The quantitative estimate of drug-likeness (QED) is 0.341. The van der Waals surface area contributed by atoms with E-state index in [4.69, 9.17) is 4.74 Å². The van der Waals surface area contributed by atoms with Crippen molar-refractivity contribution in [3.05, 3.63) is 66.3 Å². The zero-order valence-corrected chi connectivity index (χ0v) is 10.1. The number of rotatable bonds is 4. The second-order valence-electron chi connectivity index (χ2n) is 3.71. The number of allylic oxidation sites excluding steroid dienone is 4. The van der Waals surface area contributed by atoms with Gasteiger partial charge in [0.1, 0.15) is 5.75 Å². The molecule has 2 nitrogen and oxygen atoms in total. The molecule has 0 amide bonds. The maximum atomic E-state index is 11.4. The number of esters is 1. The average molecular weight is 228 g/mol. The monoisotopic (exact) mass is 228 g/mol. The van der Waals surface area contributed by atoms with E-state index in [2.05, 4.69) is 6.58 Å². The van der Waals surface area contributed by atoms with Crippen LogP contribution >= 0.6 is 0 Å². The van der Waals surface area contributed by atoms with Crippen molar-refractivity contribution in [3.8, 4) is 5.75 Å². The Morgan fingerprint density at radius 1 is 1.29 bits per heavy atom. The van der Waals surface area contributed by atoms with E-state index in [1.54, 1.807) is 30.4 Å². The van der Waals surface area contributed by atoms with Crippen LogP contribution in [0.2, 0.25) is 0 Å². The van der Waals surface area contributed by atoms with E-state index >= 15 is 0 Å². The summed E-state index contributed by atoms with van der Waals surface area (Å²) in [5, 5.41) is 0. The molecular formula is C15H16O2. The van der Waals surface area contributed by atoms with Gasteiger partial charge in [0.2, 0.25) is 0 Å². The molecule has 0 fully saturated rings. The lowest BCUT2D eigenvalue weighted by atomic mass is 10.2. The molecule has 0 aliphatic heterocycles. The molecular weight excluding hydrogens is 212 g/mol. The first-order valence-electron chi connectivity index (χ1n) is 5.37. The van der Waals surface area contributed by atoms with E-state index in [0.717, 1.165) is 11.1 Å². The van der Waals surface area contributed by atoms with Crippen molar-refractivity contribution in [1.29, 1.82) is 0 Å². The molecule has 17 heavy (non-hydrogen) atoms. The van der Waals surface area contributed by atoms with Gasteiger partial charge in [-0.2, -0.15) is 0 Å². The van der Waals surface area contributed by atoms with Gasteiger partial charge in [-0.15, -0.1) is 0 Å². The molecule has 1 aromatic rings. The summed E-state index contributed by atoms with van der Waals surface area (Å²) in [4.78, 5) is 11.4. The van der Waals surface area contributed by atoms with Crippen LogP contribution in [0, 0.1) is 6.92 Å². The number of carbonyl (C=O) groups is 1. The van der Waals surface area contributed by atoms with E-state index in [-0.39, 0.29) is 5.97 Å². The van der Waals surface area contributed by atoms with Crippen LogP contribution < -0.4 is 4.74 Å². The predicted octanol–water partition coefficient (Wildman–Crippen LogP) is 3.59. The predicted molar refractivity (Wildman–Crippen MR) is 69.9 cm³/mol. The van der Waals surface area contributed by atoms with Gasteiger partial charge in [-0.3, -0.25) is 0 Å². The SMILES string of the molecule is C=C/C(C)=C\C=C\C(=O)Oc1ccc(C)cc1. The van der Waals surface area contributed by atoms with E-state index < -0.39 is 0 Å². The molecule has 0 heterocycles. The molecule has 0 unspecified atom stereocenters. The topological polar surface area (TPSA) is 26.3 Å². The van der Waals surface area contributed by atoms with Crippen molar-refractivity contribution in [1.82, 2.24) is 0 Å². The average Bonchev–Trinajstić information content (AvgIpc) is 2.32. The Hall–Kier alpha value is -2.09. The Bertz CT molecular complexity index is 450. The normalized spacial score (nSPS) is 11.5. The second-order valence-corrected chi connectivity index (χ2v) is 3.71. The van der Waals surface area contributed by atoms with E-state index in [1.807, 2.05) is 26.0 Å². The molecule has 0 saturated carbocycles. The molecule has 1 rings (SSSR count). The third-order valence-corrected chi connectivity index (χ3v) is 2.15. The highest BCUT2D eigenvalue weighted by Crippen LogP contribution is 2.11. The Morgan fingerprint density at radius 3 is 2.53 bits per heavy atom. The largest absolute Gasteiger partial charge is 0.423 e. The number of ether oxygens (including phenoxy) is 1. The first kappa shape index (κ1) is 13.0. The van der Waals surface area contributed by atoms with Crippen LogP contribution in [-0.4, -0.2) is 5.97 Å². The number of carbonyl (C=O) groups excluding carboxylic acids is 1. The van der Waals surface area contributed by atoms with Crippen molar-refractivity contribution in [2.75, 3.05) is 0 Å². The van der Waals surface area contributed by atoms with Crippen molar-refractivity contribution >= 4 is 5.97 Å². The minimum Gasteiger partial charge on any atom is -0.423 e. The first-order valence-corrected chi connectivity index (χ1v) is 5.37. The highest BCUT2D eigenvalue weighted by molar-refractivity contribution is 5.84. The van der Waals surface area contributed by atoms with Crippen LogP contribution in [0.25, 0.3) is 0 Å². The molecule has 0 aliphatic carbocycles. The third kappa shape index (κ3) is 4.98. The van der Waals surface area contributed by atoms with Crippen molar-refractivity contribution in [3.63, 3.8) is 0 Å². The minimum atomic E-state index is -0.387. The molecule has 0 spiro atoms. The molecule has 0 saturated heterocycles. The first-order chi connectivity index (χ1) is 8.11. The van der Waals surface area contributed by atoms with E-state index in [1.165, 1.54) is 6.08 Å². The number of benzene rings is 1. The van der Waals surface area contributed by atoms with E-state index in [0.29, 0.717) is 5.75 Å². The number of hydrogen-bond donors (Lipinski definition) is 0. The lowest BCUT2D eigenvalue weighted by Gasteiger charge is -2.00. The summed E-state index contributed by atoms with van der Waals surface area (Å²) in [6, 6.07) is 7.33. The highest BCUT2D eigenvalue weighted by Gasteiger charge is 1.98. The highest BCUT2D eigenvalue weighted by atomic mass is 16.5.